The Morgan fingerprint density at radius 2 is 1.68 bits per heavy atom. The van der Waals surface area contributed by atoms with E-state index in [2.05, 4.69) is 5.32 Å². The lowest BCUT2D eigenvalue weighted by atomic mass is 10.2. The van der Waals surface area contributed by atoms with Crippen molar-refractivity contribution in [3.63, 3.8) is 0 Å². The van der Waals surface area contributed by atoms with Crippen molar-refractivity contribution >= 4 is 38.9 Å². The summed E-state index contributed by atoms with van der Waals surface area (Å²) in [6.45, 7) is 1.36. The maximum absolute atomic E-state index is 12.6. The molecule has 22 heavy (non-hydrogen) atoms. The summed E-state index contributed by atoms with van der Waals surface area (Å²) in [5.74, 6) is -0.269. The molecule has 2 rings (SSSR count). The van der Waals surface area contributed by atoms with Crippen LogP contribution in [0.25, 0.3) is 0 Å². The number of hydrogen-bond donors (Lipinski definition) is 2. The molecule has 0 fully saturated rings. The number of hydrogen-bond acceptors (Lipinski definition) is 5. The minimum Gasteiger partial charge on any atom is -0.397 e. The van der Waals surface area contributed by atoms with E-state index in [0.717, 1.165) is 4.90 Å². The second-order valence-corrected chi connectivity index (χ2v) is 7.44. The minimum atomic E-state index is -3.63. The zero-order valence-electron chi connectivity index (χ0n) is 12.2. The fraction of sp³-hybridized carbons (Fsp3) is 0.133. The number of carbonyl (C=O) groups excluding carboxylic acids is 1. The molecule has 7 heteroatoms. The molecule has 0 radical (unpaired) electrons. The third kappa shape index (κ3) is 3.42. The van der Waals surface area contributed by atoms with E-state index in [1.54, 1.807) is 24.3 Å². The smallest absolute Gasteiger partial charge is 0.221 e. The van der Waals surface area contributed by atoms with Gasteiger partial charge in [0.1, 0.15) is 0 Å². The maximum atomic E-state index is 12.6. The molecule has 0 atom stereocenters. The van der Waals surface area contributed by atoms with Gasteiger partial charge in [0.05, 0.1) is 21.2 Å². The van der Waals surface area contributed by atoms with E-state index in [4.69, 9.17) is 5.73 Å². The first-order valence-electron chi connectivity index (χ1n) is 6.41. The molecular formula is C15H16N2O3S2. The fourth-order valence-electron chi connectivity index (χ4n) is 1.90. The number of amides is 1. The molecule has 0 aromatic heterocycles. The highest BCUT2D eigenvalue weighted by Gasteiger charge is 2.18. The standard InChI is InChI=1S/C15H16N2O3S2/c1-10(18)17-15-8-7-13(9-14(15)16)22(19,20)12-5-3-11(21-2)4-6-12/h3-9H,16H2,1-2H3,(H,17,18). The van der Waals surface area contributed by atoms with E-state index >= 15 is 0 Å². The summed E-state index contributed by atoms with van der Waals surface area (Å²) >= 11 is 1.54. The third-order valence-corrected chi connectivity index (χ3v) is 5.52. The summed E-state index contributed by atoms with van der Waals surface area (Å²) in [6.07, 6.45) is 1.92. The number of rotatable bonds is 4. The highest BCUT2D eigenvalue weighted by atomic mass is 32.2. The number of nitrogens with two attached hydrogens (primary N) is 1. The first kappa shape index (κ1) is 16.4. The van der Waals surface area contributed by atoms with Crippen molar-refractivity contribution in [1.29, 1.82) is 0 Å². The van der Waals surface area contributed by atoms with Crippen LogP contribution in [-0.2, 0) is 14.6 Å². The van der Waals surface area contributed by atoms with Gasteiger partial charge in [0, 0.05) is 11.8 Å². The molecule has 1 amide bonds. The number of benzene rings is 2. The fourth-order valence-corrected chi connectivity index (χ4v) is 3.61. The van der Waals surface area contributed by atoms with Crippen LogP contribution in [0.3, 0.4) is 0 Å². The molecule has 0 heterocycles. The number of nitrogens with one attached hydrogen (secondary N) is 1. The van der Waals surface area contributed by atoms with Crippen molar-refractivity contribution in [2.45, 2.75) is 21.6 Å². The number of nitrogen functional groups attached to an aromatic ring is 1. The van der Waals surface area contributed by atoms with Gasteiger partial charge in [-0.05, 0) is 48.7 Å². The van der Waals surface area contributed by atoms with Gasteiger partial charge in [-0.15, -0.1) is 11.8 Å². The van der Waals surface area contributed by atoms with Crippen LogP contribution in [0, 0.1) is 0 Å². The topological polar surface area (TPSA) is 89.3 Å². The third-order valence-electron chi connectivity index (χ3n) is 3.01. The van der Waals surface area contributed by atoms with Crippen LogP contribution in [-0.4, -0.2) is 20.6 Å². The molecule has 0 aliphatic rings. The Labute approximate surface area is 133 Å². The highest BCUT2D eigenvalue weighted by Crippen LogP contribution is 2.28. The lowest BCUT2D eigenvalue weighted by Crippen LogP contribution is -2.09. The van der Waals surface area contributed by atoms with Gasteiger partial charge in [0.2, 0.25) is 15.7 Å². The molecule has 116 valence electrons. The van der Waals surface area contributed by atoms with Gasteiger partial charge < -0.3 is 11.1 Å². The average Bonchev–Trinajstić information content (AvgIpc) is 2.49. The van der Waals surface area contributed by atoms with Crippen LogP contribution >= 0.6 is 11.8 Å². The maximum Gasteiger partial charge on any atom is 0.221 e. The molecule has 0 spiro atoms. The van der Waals surface area contributed by atoms with E-state index in [-0.39, 0.29) is 21.4 Å². The van der Waals surface area contributed by atoms with E-state index in [1.807, 2.05) is 6.26 Å². The zero-order chi connectivity index (χ0) is 16.3. The molecule has 2 aromatic rings. The van der Waals surface area contributed by atoms with Crippen molar-refractivity contribution in [2.24, 2.45) is 0 Å². The van der Waals surface area contributed by atoms with Crippen molar-refractivity contribution in [1.82, 2.24) is 0 Å². The Bertz CT molecular complexity index is 800. The van der Waals surface area contributed by atoms with Gasteiger partial charge >= 0.3 is 0 Å². The van der Waals surface area contributed by atoms with Crippen molar-refractivity contribution < 1.29 is 13.2 Å². The number of carbonyl (C=O) groups is 1. The van der Waals surface area contributed by atoms with Crippen LogP contribution in [0.2, 0.25) is 0 Å². The van der Waals surface area contributed by atoms with Crippen LogP contribution < -0.4 is 11.1 Å². The van der Waals surface area contributed by atoms with E-state index in [9.17, 15) is 13.2 Å². The number of sulfone groups is 1. The molecule has 0 saturated carbocycles. The second-order valence-electron chi connectivity index (χ2n) is 4.61. The van der Waals surface area contributed by atoms with Gasteiger partial charge in [-0.25, -0.2) is 8.42 Å². The molecule has 0 aliphatic carbocycles. The summed E-state index contributed by atoms with van der Waals surface area (Å²) in [7, 11) is -3.63. The predicted molar refractivity (Wildman–Crippen MR) is 88.8 cm³/mol. The lowest BCUT2D eigenvalue weighted by molar-refractivity contribution is -0.114. The predicted octanol–water partition coefficient (Wildman–Crippen LogP) is 2.78. The molecule has 2 aromatic carbocycles. The van der Waals surface area contributed by atoms with Crippen LogP contribution in [0.15, 0.2) is 57.2 Å². The van der Waals surface area contributed by atoms with Crippen molar-refractivity contribution in [3.8, 4) is 0 Å². The average molecular weight is 336 g/mol. The van der Waals surface area contributed by atoms with Crippen molar-refractivity contribution in [2.75, 3.05) is 17.3 Å². The van der Waals surface area contributed by atoms with Crippen LogP contribution in [0.4, 0.5) is 11.4 Å². The molecule has 0 saturated heterocycles. The van der Waals surface area contributed by atoms with Gasteiger partial charge in [-0.2, -0.15) is 0 Å². The Balaban J connectivity index is 2.40. The van der Waals surface area contributed by atoms with Gasteiger partial charge in [0.15, 0.2) is 0 Å². The van der Waals surface area contributed by atoms with Crippen LogP contribution in [0.5, 0.6) is 0 Å². The quantitative estimate of drug-likeness (QED) is 0.662. The Morgan fingerprint density at radius 1 is 1.09 bits per heavy atom. The monoisotopic (exact) mass is 336 g/mol. The molecule has 0 aliphatic heterocycles. The van der Waals surface area contributed by atoms with Gasteiger partial charge in [0.25, 0.3) is 0 Å². The number of anilines is 2. The Kier molecular flexibility index (Phi) is 4.77. The molecule has 3 N–H and O–H groups in total. The first-order valence-corrected chi connectivity index (χ1v) is 9.11. The summed E-state index contributed by atoms with van der Waals surface area (Å²) < 4.78 is 25.1. The summed E-state index contributed by atoms with van der Waals surface area (Å²) in [5.41, 5.74) is 6.41. The molecular weight excluding hydrogens is 320 g/mol. The normalized spacial score (nSPS) is 11.2. The lowest BCUT2D eigenvalue weighted by Gasteiger charge is -2.10. The largest absolute Gasteiger partial charge is 0.397 e. The molecule has 0 unspecified atom stereocenters. The number of thioether (sulfide) groups is 1. The Hall–Kier alpha value is -1.99. The van der Waals surface area contributed by atoms with E-state index in [0.29, 0.717) is 5.69 Å². The highest BCUT2D eigenvalue weighted by molar-refractivity contribution is 7.98. The second kappa shape index (κ2) is 6.41. The molecule has 0 bridgehead atoms. The summed E-state index contributed by atoms with van der Waals surface area (Å²) in [4.78, 5) is 12.3. The van der Waals surface area contributed by atoms with Crippen LogP contribution in [0.1, 0.15) is 6.92 Å². The first-order chi connectivity index (χ1) is 10.3. The zero-order valence-corrected chi connectivity index (χ0v) is 13.8. The van der Waals surface area contributed by atoms with E-state index in [1.165, 1.54) is 36.9 Å². The SMILES string of the molecule is CSc1ccc(S(=O)(=O)c2ccc(NC(C)=O)c(N)c2)cc1. The Morgan fingerprint density at radius 3 is 2.18 bits per heavy atom. The van der Waals surface area contributed by atoms with Crippen molar-refractivity contribution in [3.05, 3.63) is 42.5 Å². The summed E-state index contributed by atoms with van der Waals surface area (Å²) in [5, 5.41) is 2.55. The minimum absolute atomic E-state index is 0.0935. The van der Waals surface area contributed by atoms with Gasteiger partial charge in [-0.3, -0.25) is 4.79 Å². The summed E-state index contributed by atoms with van der Waals surface area (Å²) in [6, 6.07) is 10.9. The van der Waals surface area contributed by atoms with E-state index < -0.39 is 9.84 Å². The van der Waals surface area contributed by atoms with Gasteiger partial charge in [-0.1, -0.05) is 0 Å². The molecule has 5 nitrogen and oxygen atoms in total.